The largest absolute Gasteiger partial charge is 0.372 e. The number of nitrogens with zero attached hydrogens (tertiary/aromatic N) is 2. The molecule has 0 bridgehead atoms. The van der Waals surface area contributed by atoms with Crippen LogP contribution in [0.4, 0.5) is 0 Å². The van der Waals surface area contributed by atoms with Crippen molar-refractivity contribution in [3.63, 3.8) is 0 Å². The third-order valence-electron chi connectivity index (χ3n) is 5.24. The number of carbonyl (C=O) groups excluding carboxylic acids is 1. The molecule has 1 heterocycles. The van der Waals surface area contributed by atoms with Gasteiger partial charge in [0.15, 0.2) is 5.96 Å². The standard InChI is InChI=1S/C24H32N4O2.HI/c1-3-23(29)28-13-12-22(16-28)27-24(25-2)26-15-20-10-7-11-21(14-20)18-30-17-19-8-5-4-6-9-19;/h4-11,14,22H,3,12-13,15-18H2,1-2H3,(H2,25,26,27);1H. The van der Waals surface area contributed by atoms with E-state index in [0.717, 1.165) is 31.0 Å². The maximum atomic E-state index is 11.9. The first-order valence-electron chi connectivity index (χ1n) is 10.6. The number of aliphatic imine (C=N–C) groups is 1. The first-order valence-corrected chi connectivity index (χ1v) is 10.6. The minimum absolute atomic E-state index is 0. The molecule has 1 saturated heterocycles. The van der Waals surface area contributed by atoms with Crippen molar-refractivity contribution in [2.75, 3.05) is 20.1 Å². The van der Waals surface area contributed by atoms with Crippen molar-refractivity contribution in [3.8, 4) is 0 Å². The van der Waals surface area contributed by atoms with Gasteiger partial charge in [-0.2, -0.15) is 0 Å². The summed E-state index contributed by atoms with van der Waals surface area (Å²) in [7, 11) is 1.77. The van der Waals surface area contributed by atoms with Gasteiger partial charge in [-0.25, -0.2) is 0 Å². The normalized spacial score (nSPS) is 16.0. The Hall–Kier alpha value is -2.13. The van der Waals surface area contributed by atoms with Gasteiger partial charge in [0.05, 0.1) is 13.2 Å². The van der Waals surface area contributed by atoms with Crippen molar-refractivity contribution in [2.24, 2.45) is 4.99 Å². The molecule has 1 aliphatic rings. The van der Waals surface area contributed by atoms with Crippen LogP contribution in [0.15, 0.2) is 59.6 Å². The van der Waals surface area contributed by atoms with E-state index in [4.69, 9.17) is 4.74 Å². The highest BCUT2D eigenvalue weighted by Gasteiger charge is 2.25. The molecule has 1 unspecified atom stereocenters. The Morgan fingerprint density at radius 3 is 2.55 bits per heavy atom. The summed E-state index contributed by atoms with van der Waals surface area (Å²) >= 11 is 0. The lowest BCUT2D eigenvalue weighted by molar-refractivity contribution is -0.129. The Labute approximate surface area is 202 Å². The molecule has 2 aromatic rings. The number of carbonyl (C=O) groups is 1. The monoisotopic (exact) mass is 536 g/mol. The quantitative estimate of drug-likeness (QED) is 0.307. The first kappa shape index (κ1) is 25.1. The summed E-state index contributed by atoms with van der Waals surface area (Å²) in [5, 5.41) is 6.81. The lowest BCUT2D eigenvalue weighted by Crippen LogP contribution is -2.44. The summed E-state index contributed by atoms with van der Waals surface area (Å²) in [6, 6.07) is 18.8. The van der Waals surface area contributed by atoms with E-state index in [0.29, 0.717) is 26.2 Å². The number of benzene rings is 2. The predicted octanol–water partition coefficient (Wildman–Crippen LogP) is 3.70. The van der Waals surface area contributed by atoms with Gasteiger partial charge < -0.3 is 20.3 Å². The third-order valence-corrected chi connectivity index (χ3v) is 5.24. The molecule has 0 spiro atoms. The molecular formula is C24H33IN4O2. The highest BCUT2D eigenvalue weighted by molar-refractivity contribution is 14.0. The van der Waals surface area contributed by atoms with Gasteiger partial charge in [0.2, 0.25) is 5.91 Å². The molecule has 168 valence electrons. The molecule has 3 rings (SSSR count). The van der Waals surface area contributed by atoms with Gasteiger partial charge in [-0.3, -0.25) is 9.79 Å². The lowest BCUT2D eigenvalue weighted by atomic mass is 10.1. The molecule has 0 radical (unpaired) electrons. The number of guanidine groups is 1. The molecule has 7 heteroatoms. The number of amides is 1. The Morgan fingerprint density at radius 2 is 1.81 bits per heavy atom. The van der Waals surface area contributed by atoms with Gasteiger partial charge in [-0.15, -0.1) is 24.0 Å². The molecule has 1 fully saturated rings. The van der Waals surface area contributed by atoms with Crippen LogP contribution >= 0.6 is 24.0 Å². The van der Waals surface area contributed by atoms with Gasteiger partial charge in [-0.1, -0.05) is 61.5 Å². The number of hydrogen-bond acceptors (Lipinski definition) is 3. The summed E-state index contributed by atoms with van der Waals surface area (Å²) in [5.74, 6) is 0.977. The van der Waals surface area contributed by atoms with Gasteiger partial charge in [0.1, 0.15) is 0 Å². The number of halogens is 1. The first-order chi connectivity index (χ1) is 14.7. The van der Waals surface area contributed by atoms with Crippen molar-refractivity contribution < 1.29 is 9.53 Å². The molecular weight excluding hydrogens is 503 g/mol. The van der Waals surface area contributed by atoms with Gasteiger partial charge >= 0.3 is 0 Å². The molecule has 1 atom stereocenters. The van der Waals surface area contributed by atoms with E-state index in [1.165, 1.54) is 11.1 Å². The number of ether oxygens (including phenoxy) is 1. The van der Waals surface area contributed by atoms with Crippen LogP contribution in [0.5, 0.6) is 0 Å². The molecule has 2 N–H and O–H groups in total. The number of rotatable bonds is 8. The van der Waals surface area contributed by atoms with E-state index >= 15 is 0 Å². The van der Waals surface area contributed by atoms with E-state index in [-0.39, 0.29) is 35.9 Å². The average Bonchev–Trinajstić information content (AvgIpc) is 3.25. The topological polar surface area (TPSA) is 66.0 Å². The number of nitrogens with one attached hydrogen (secondary N) is 2. The highest BCUT2D eigenvalue weighted by Crippen LogP contribution is 2.11. The van der Waals surface area contributed by atoms with Crippen LogP contribution in [0.2, 0.25) is 0 Å². The molecule has 31 heavy (non-hydrogen) atoms. The maximum absolute atomic E-state index is 11.9. The zero-order valence-corrected chi connectivity index (χ0v) is 20.7. The van der Waals surface area contributed by atoms with Crippen LogP contribution in [-0.2, 0) is 29.3 Å². The second-order valence-electron chi connectivity index (χ2n) is 7.55. The fraction of sp³-hybridized carbons (Fsp3) is 0.417. The summed E-state index contributed by atoms with van der Waals surface area (Å²) in [6.07, 6.45) is 1.51. The van der Waals surface area contributed by atoms with E-state index in [1.807, 2.05) is 30.0 Å². The van der Waals surface area contributed by atoms with Gasteiger partial charge in [0, 0.05) is 39.1 Å². The zero-order chi connectivity index (χ0) is 21.2. The Morgan fingerprint density at radius 1 is 1.10 bits per heavy atom. The van der Waals surface area contributed by atoms with Crippen molar-refractivity contribution in [1.82, 2.24) is 15.5 Å². The summed E-state index contributed by atoms with van der Waals surface area (Å²) in [6.45, 7) is 5.33. The van der Waals surface area contributed by atoms with Crippen LogP contribution in [-0.4, -0.2) is 42.9 Å². The van der Waals surface area contributed by atoms with Gasteiger partial charge in [0.25, 0.3) is 0 Å². The second-order valence-corrected chi connectivity index (χ2v) is 7.55. The van der Waals surface area contributed by atoms with E-state index < -0.39 is 0 Å². The zero-order valence-electron chi connectivity index (χ0n) is 18.3. The minimum Gasteiger partial charge on any atom is -0.372 e. The summed E-state index contributed by atoms with van der Waals surface area (Å²) in [4.78, 5) is 18.1. The molecule has 1 aliphatic heterocycles. The third kappa shape index (κ3) is 8.14. The molecule has 0 aliphatic carbocycles. The van der Waals surface area contributed by atoms with Crippen LogP contribution < -0.4 is 10.6 Å². The number of likely N-dealkylation sites (tertiary alicyclic amines) is 1. The fourth-order valence-corrected chi connectivity index (χ4v) is 3.59. The Kier molecular flexibility index (Phi) is 10.8. The second kappa shape index (κ2) is 13.3. The molecule has 1 amide bonds. The van der Waals surface area contributed by atoms with Crippen molar-refractivity contribution in [2.45, 2.75) is 45.6 Å². The molecule has 2 aromatic carbocycles. The minimum atomic E-state index is 0. The predicted molar refractivity (Wildman–Crippen MR) is 135 cm³/mol. The molecule has 0 aromatic heterocycles. The van der Waals surface area contributed by atoms with Crippen molar-refractivity contribution in [3.05, 3.63) is 71.3 Å². The SMILES string of the molecule is CCC(=O)N1CCC(NC(=NC)NCc2cccc(COCc3ccccc3)c2)C1.I. The Balaban J connectivity index is 0.00000341. The van der Waals surface area contributed by atoms with Gasteiger partial charge in [-0.05, 0) is 23.1 Å². The maximum Gasteiger partial charge on any atom is 0.222 e. The van der Waals surface area contributed by atoms with Crippen molar-refractivity contribution in [1.29, 1.82) is 0 Å². The van der Waals surface area contributed by atoms with Crippen LogP contribution in [0.1, 0.15) is 36.5 Å². The van der Waals surface area contributed by atoms with Crippen molar-refractivity contribution >= 4 is 35.8 Å². The van der Waals surface area contributed by atoms with E-state index in [1.54, 1.807) is 7.05 Å². The Bertz CT molecular complexity index is 844. The average molecular weight is 536 g/mol. The lowest BCUT2D eigenvalue weighted by Gasteiger charge is -2.19. The van der Waals surface area contributed by atoms with E-state index in [9.17, 15) is 4.79 Å². The van der Waals surface area contributed by atoms with E-state index in [2.05, 4.69) is 52.0 Å². The smallest absolute Gasteiger partial charge is 0.222 e. The summed E-state index contributed by atoms with van der Waals surface area (Å²) in [5.41, 5.74) is 3.50. The van der Waals surface area contributed by atoms with Crippen LogP contribution in [0, 0.1) is 0 Å². The number of hydrogen-bond donors (Lipinski definition) is 2. The molecule has 6 nitrogen and oxygen atoms in total. The van der Waals surface area contributed by atoms with Crippen LogP contribution in [0.3, 0.4) is 0 Å². The summed E-state index contributed by atoms with van der Waals surface area (Å²) < 4.78 is 5.85. The highest BCUT2D eigenvalue weighted by atomic mass is 127. The van der Waals surface area contributed by atoms with Crippen LogP contribution in [0.25, 0.3) is 0 Å². The fourth-order valence-electron chi connectivity index (χ4n) is 3.59. The molecule has 0 saturated carbocycles.